The molecule has 3 rings (SSSR count). The lowest BCUT2D eigenvalue weighted by atomic mass is 10.2. The van der Waals surface area contributed by atoms with Gasteiger partial charge in [-0.2, -0.15) is 0 Å². The molecule has 1 fully saturated rings. The van der Waals surface area contributed by atoms with Crippen molar-refractivity contribution in [2.24, 2.45) is 0 Å². The molecular formula is C21H25N3O4. The minimum absolute atomic E-state index is 0.169. The molecule has 148 valence electrons. The van der Waals surface area contributed by atoms with E-state index in [1.54, 1.807) is 12.1 Å². The molecule has 28 heavy (non-hydrogen) atoms. The number of nitrogens with one attached hydrogen (secondary N) is 1. The minimum Gasteiger partial charge on any atom is -0.481 e. The van der Waals surface area contributed by atoms with E-state index in [1.165, 1.54) is 4.90 Å². The van der Waals surface area contributed by atoms with E-state index in [4.69, 9.17) is 9.90 Å². The smallest absolute Gasteiger partial charge is 0.300 e. The third kappa shape index (κ3) is 5.33. The van der Waals surface area contributed by atoms with Gasteiger partial charge in [-0.1, -0.05) is 17.7 Å². The Morgan fingerprint density at radius 2 is 1.61 bits per heavy atom. The fourth-order valence-electron chi connectivity index (χ4n) is 2.77. The lowest BCUT2D eigenvalue weighted by Crippen LogP contribution is -2.34. The SMILES string of the molecule is CC(=O)O.Cc1ccc(N2C(=O)CC(Nc3ccc(N(C)C)cc3)C2=O)cc1. The van der Waals surface area contributed by atoms with Crippen LogP contribution in [0.3, 0.4) is 0 Å². The van der Waals surface area contributed by atoms with Crippen LogP contribution in [0.1, 0.15) is 18.9 Å². The Morgan fingerprint density at radius 3 is 2.11 bits per heavy atom. The Kier molecular flexibility index (Phi) is 6.76. The fourth-order valence-corrected chi connectivity index (χ4v) is 2.77. The Morgan fingerprint density at radius 1 is 1.07 bits per heavy atom. The molecule has 1 aliphatic rings. The predicted octanol–water partition coefficient (Wildman–Crippen LogP) is 2.90. The average Bonchev–Trinajstić information content (AvgIpc) is 2.89. The molecule has 1 atom stereocenters. The second-order valence-electron chi connectivity index (χ2n) is 6.76. The van der Waals surface area contributed by atoms with Gasteiger partial charge in [0.25, 0.3) is 11.9 Å². The first kappa shape index (κ1) is 21.0. The van der Waals surface area contributed by atoms with Crippen LogP contribution in [0, 0.1) is 6.92 Å². The zero-order valence-electron chi connectivity index (χ0n) is 16.5. The monoisotopic (exact) mass is 383 g/mol. The van der Waals surface area contributed by atoms with Crippen molar-refractivity contribution in [2.75, 3.05) is 29.2 Å². The summed E-state index contributed by atoms with van der Waals surface area (Å²) in [6, 6.07) is 14.7. The third-order valence-corrected chi connectivity index (χ3v) is 4.16. The molecule has 0 spiro atoms. The molecule has 1 aliphatic heterocycles. The van der Waals surface area contributed by atoms with E-state index in [9.17, 15) is 9.59 Å². The van der Waals surface area contributed by atoms with Crippen LogP contribution in [-0.4, -0.2) is 43.0 Å². The zero-order chi connectivity index (χ0) is 20.8. The van der Waals surface area contributed by atoms with Crippen LogP contribution >= 0.6 is 0 Å². The second-order valence-corrected chi connectivity index (χ2v) is 6.76. The van der Waals surface area contributed by atoms with Gasteiger partial charge in [-0.15, -0.1) is 0 Å². The maximum absolute atomic E-state index is 12.6. The molecular weight excluding hydrogens is 358 g/mol. The lowest BCUT2D eigenvalue weighted by Gasteiger charge is -2.17. The lowest BCUT2D eigenvalue weighted by molar-refractivity contribution is -0.134. The van der Waals surface area contributed by atoms with Crippen LogP contribution in [-0.2, 0) is 14.4 Å². The first-order valence-corrected chi connectivity index (χ1v) is 8.86. The van der Waals surface area contributed by atoms with Crippen molar-refractivity contribution < 1.29 is 19.5 Å². The zero-order valence-corrected chi connectivity index (χ0v) is 16.5. The van der Waals surface area contributed by atoms with Crippen LogP contribution in [0.4, 0.5) is 17.1 Å². The second kappa shape index (κ2) is 9.03. The van der Waals surface area contributed by atoms with E-state index in [2.05, 4.69) is 5.32 Å². The number of amides is 2. The van der Waals surface area contributed by atoms with E-state index >= 15 is 0 Å². The highest BCUT2D eigenvalue weighted by molar-refractivity contribution is 6.23. The number of carbonyl (C=O) groups is 3. The van der Waals surface area contributed by atoms with E-state index in [1.807, 2.05) is 62.3 Å². The number of carboxylic acid groups (broad SMARTS) is 1. The van der Waals surface area contributed by atoms with Gasteiger partial charge in [0.05, 0.1) is 12.1 Å². The number of benzene rings is 2. The maximum atomic E-state index is 12.6. The van der Waals surface area contributed by atoms with Crippen molar-refractivity contribution in [1.29, 1.82) is 0 Å². The van der Waals surface area contributed by atoms with Gasteiger partial charge in [0.1, 0.15) is 6.04 Å². The maximum Gasteiger partial charge on any atom is 0.300 e. The van der Waals surface area contributed by atoms with Crippen LogP contribution in [0.2, 0.25) is 0 Å². The normalized spacial score (nSPS) is 15.7. The minimum atomic E-state index is -0.833. The molecule has 0 aromatic heterocycles. The molecule has 2 aromatic carbocycles. The summed E-state index contributed by atoms with van der Waals surface area (Å²) in [4.78, 5) is 37.2. The van der Waals surface area contributed by atoms with Gasteiger partial charge in [0, 0.05) is 32.4 Å². The predicted molar refractivity (Wildman–Crippen MR) is 110 cm³/mol. The quantitative estimate of drug-likeness (QED) is 0.789. The fraction of sp³-hybridized carbons (Fsp3) is 0.286. The summed E-state index contributed by atoms with van der Waals surface area (Å²) in [5, 5.41) is 10.6. The number of hydrogen-bond donors (Lipinski definition) is 2. The van der Waals surface area contributed by atoms with Gasteiger partial charge in [-0.25, -0.2) is 4.90 Å². The van der Waals surface area contributed by atoms with E-state index < -0.39 is 12.0 Å². The molecule has 7 heteroatoms. The summed E-state index contributed by atoms with van der Waals surface area (Å²) in [6.45, 7) is 3.05. The van der Waals surface area contributed by atoms with E-state index in [0.29, 0.717) is 5.69 Å². The number of rotatable bonds is 4. The molecule has 2 N–H and O–H groups in total. The largest absolute Gasteiger partial charge is 0.481 e. The first-order valence-electron chi connectivity index (χ1n) is 8.86. The molecule has 0 saturated carbocycles. The summed E-state index contributed by atoms with van der Waals surface area (Å²) < 4.78 is 0. The standard InChI is InChI=1S/C19H21N3O2.C2H4O2/c1-13-4-8-16(9-5-13)22-18(23)12-17(19(22)24)20-14-6-10-15(11-7-14)21(2)3;1-2(3)4/h4-11,17,20H,12H2,1-3H3;1H3,(H,3,4). The third-order valence-electron chi connectivity index (χ3n) is 4.16. The van der Waals surface area contributed by atoms with Gasteiger partial charge >= 0.3 is 0 Å². The molecule has 1 unspecified atom stereocenters. The van der Waals surface area contributed by atoms with Gasteiger partial charge in [-0.05, 0) is 43.3 Å². The topological polar surface area (TPSA) is 89.9 Å². The molecule has 2 amide bonds. The van der Waals surface area contributed by atoms with Crippen molar-refractivity contribution in [3.8, 4) is 0 Å². The highest BCUT2D eigenvalue weighted by Crippen LogP contribution is 2.26. The number of carboxylic acids is 1. The number of imide groups is 1. The van der Waals surface area contributed by atoms with Gasteiger partial charge in [0.15, 0.2) is 0 Å². The molecule has 2 aromatic rings. The van der Waals surface area contributed by atoms with Crippen LogP contribution in [0.25, 0.3) is 0 Å². The van der Waals surface area contributed by atoms with Crippen molar-refractivity contribution >= 4 is 34.8 Å². The summed E-state index contributed by atoms with van der Waals surface area (Å²) in [7, 11) is 3.95. The number of anilines is 3. The molecule has 0 bridgehead atoms. The Hall–Kier alpha value is -3.35. The van der Waals surface area contributed by atoms with E-state index in [0.717, 1.165) is 23.9 Å². The van der Waals surface area contributed by atoms with Gasteiger partial charge in [0.2, 0.25) is 5.91 Å². The summed E-state index contributed by atoms with van der Waals surface area (Å²) in [5.74, 6) is -1.22. The Balaban J connectivity index is 0.000000640. The highest BCUT2D eigenvalue weighted by atomic mass is 16.4. The van der Waals surface area contributed by atoms with Crippen molar-refractivity contribution in [3.63, 3.8) is 0 Å². The number of hydrogen-bond acceptors (Lipinski definition) is 5. The van der Waals surface area contributed by atoms with Gasteiger partial charge in [-0.3, -0.25) is 14.4 Å². The number of aliphatic carboxylic acids is 1. The molecule has 0 aliphatic carbocycles. The van der Waals surface area contributed by atoms with Gasteiger partial charge < -0.3 is 15.3 Å². The molecule has 1 heterocycles. The average molecular weight is 383 g/mol. The summed E-state index contributed by atoms with van der Waals surface area (Å²) in [6.07, 6.45) is 0.169. The molecule has 7 nitrogen and oxygen atoms in total. The van der Waals surface area contributed by atoms with E-state index in [-0.39, 0.29) is 18.2 Å². The summed E-state index contributed by atoms with van der Waals surface area (Å²) in [5.41, 5.74) is 3.63. The number of nitrogens with zero attached hydrogens (tertiary/aromatic N) is 2. The van der Waals surface area contributed by atoms with Crippen molar-refractivity contribution in [2.45, 2.75) is 26.3 Å². The number of carbonyl (C=O) groups excluding carboxylic acids is 2. The van der Waals surface area contributed by atoms with Crippen molar-refractivity contribution in [3.05, 3.63) is 54.1 Å². The Bertz CT molecular complexity index is 841. The van der Waals surface area contributed by atoms with Crippen molar-refractivity contribution in [1.82, 2.24) is 0 Å². The first-order chi connectivity index (χ1) is 13.2. The van der Waals surface area contributed by atoms with Crippen LogP contribution in [0.15, 0.2) is 48.5 Å². The number of aryl methyl sites for hydroxylation is 1. The van der Waals surface area contributed by atoms with Crippen LogP contribution < -0.4 is 15.1 Å². The molecule has 1 saturated heterocycles. The summed E-state index contributed by atoms with van der Waals surface area (Å²) >= 11 is 0. The molecule has 0 radical (unpaired) electrons. The Labute approximate surface area is 164 Å². The van der Waals surface area contributed by atoms with Crippen LogP contribution in [0.5, 0.6) is 0 Å². The highest BCUT2D eigenvalue weighted by Gasteiger charge is 2.39.